The SMILES string of the molecule is CCC(O)C(C)C1OC1CC(C)(O)C=CC=C(C)C1OC(=O)CC(O)CCC(C)C(OC(=O)N2CCN(CCO)CC2)C=CC1C. The van der Waals surface area contributed by atoms with E-state index in [0.717, 1.165) is 5.57 Å². The van der Waals surface area contributed by atoms with Gasteiger partial charge in [-0.3, -0.25) is 9.69 Å². The van der Waals surface area contributed by atoms with Crippen LogP contribution in [0.4, 0.5) is 4.79 Å². The van der Waals surface area contributed by atoms with E-state index in [2.05, 4.69) is 4.90 Å². The van der Waals surface area contributed by atoms with E-state index in [0.29, 0.717) is 58.4 Å². The number of piperazine rings is 1. The Morgan fingerprint density at radius 2 is 1.89 bits per heavy atom. The molecule has 11 heteroatoms. The third kappa shape index (κ3) is 11.8. The molecule has 0 spiro atoms. The topological polar surface area (TPSA) is 153 Å². The molecule has 46 heavy (non-hydrogen) atoms. The average Bonchev–Trinajstić information content (AvgIpc) is 3.77. The van der Waals surface area contributed by atoms with Gasteiger partial charge in [-0.15, -0.1) is 0 Å². The number of epoxide rings is 1. The summed E-state index contributed by atoms with van der Waals surface area (Å²) in [6.45, 7) is 14.4. The number of cyclic esters (lactones) is 1. The largest absolute Gasteiger partial charge is 0.457 e. The van der Waals surface area contributed by atoms with E-state index in [1.165, 1.54) is 0 Å². The molecular formula is C35H58N2O9. The summed E-state index contributed by atoms with van der Waals surface area (Å²) in [4.78, 5) is 29.7. The maximum atomic E-state index is 13.1. The number of carbonyl (C=O) groups is 2. The van der Waals surface area contributed by atoms with Gasteiger partial charge in [-0.25, -0.2) is 4.79 Å². The van der Waals surface area contributed by atoms with Crippen LogP contribution in [0.5, 0.6) is 0 Å². The van der Waals surface area contributed by atoms with Gasteiger partial charge in [0.15, 0.2) is 0 Å². The molecule has 0 saturated carbocycles. The highest BCUT2D eigenvalue weighted by Gasteiger charge is 2.47. The van der Waals surface area contributed by atoms with E-state index in [1.54, 1.807) is 24.0 Å². The summed E-state index contributed by atoms with van der Waals surface area (Å²) in [5.41, 5.74) is -0.378. The number of aliphatic hydroxyl groups is 4. The number of carbonyl (C=O) groups excluding carboxylic acids is 2. The minimum absolute atomic E-state index is 0.0000196. The number of allylic oxidation sites excluding steroid dienone is 2. The van der Waals surface area contributed by atoms with Crippen LogP contribution in [0, 0.1) is 17.8 Å². The molecule has 10 unspecified atom stereocenters. The smallest absolute Gasteiger partial charge is 0.410 e. The molecule has 3 aliphatic rings. The second-order valence-electron chi connectivity index (χ2n) is 13.8. The fourth-order valence-corrected chi connectivity index (χ4v) is 6.29. The molecule has 262 valence electrons. The van der Waals surface area contributed by atoms with Gasteiger partial charge in [-0.05, 0) is 50.7 Å². The molecule has 0 aliphatic carbocycles. The van der Waals surface area contributed by atoms with Gasteiger partial charge in [0.25, 0.3) is 0 Å². The van der Waals surface area contributed by atoms with Crippen LogP contribution < -0.4 is 0 Å². The van der Waals surface area contributed by atoms with Crippen molar-refractivity contribution in [3.05, 3.63) is 36.0 Å². The highest BCUT2D eigenvalue weighted by Crippen LogP contribution is 2.37. The molecule has 0 bridgehead atoms. The molecule has 1 amide bonds. The summed E-state index contributed by atoms with van der Waals surface area (Å²) in [6.07, 6.45) is 7.83. The zero-order chi connectivity index (χ0) is 34.0. The van der Waals surface area contributed by atoms with Gasteiger partial charge in [0.05, 0.1) is 43.0 Å². The minimum Gasteiger partial charge on any atom is -0.457 e. The Balaban J connectivity index is 1.69. The Morgan fingerprint density at radius 1 is 1.20 bits per heavy atom. The summed E-state index contributed by atoms with van der Waals surface area (Å²) >= 11 is 0. The standard InChI is InChI=1S/C35H58N2O9/c1-7-28(40)26(5)33-30(44-33)22-35(6,43)14-8-9-24(3)32-25(4)11-13-29(23(2)10-12-27(39)21-31(41)46-32)45-34(42)37-17-15-36(16-18-37)19-20-38/h8-9,11,13-14,23,25-30,32-33,38-40,43H,7,10,12,15-22H2,1-6H3. The van der Waals surface area contributed by atoms with Gasteiger partial charge < -0.3 is 39.5 Å². The van der Waals surface area contributed by atoms with Crippen LogP contribution in [0.25, 0.3) is 0 Å². The Kier molecular flexibility index (Phi) is 14.7. The van der Waals surface area contributed by atoms with Crippen LogP contribution >= 0.6 is 0 Å². The third-order valence-corrected chi connectivity index (χ3v) is 9.59. The van der Waals surface area contributed by atoms with Crippen molar-refractivity contribution < 1.29 is 44.2 Å². The number of nitrogens with zero attached hydrogens (tertiary/aromatic N) is 2. The number of ether oxygens (including phenoxy) is 3. The van der Waals surface area contributed by atoms with Crippen LogP contribution in [0.15, 0.2) is 36.0 Å². The Bertz CT molecular complexity index is 1070. The average molecular weight is 651 g/mol. The van der Waals surface area contributed by atoms with E-state index >= 15 is 0 Å². The molecule has 3 aliphatic heterocycles. The lowest BCUT2D eigenvalue weighted by Crippen LogP contribution is -2.50. The molecule has 11 nitrogen and oxygen atoms in total. The number of esters is 1. The molecular weight excluding hydrogens is 592 g/mol. The Morgan fingerprint density at radius 3 is 2.54 bits per heavy atom. The van der Waals surface area contributed by atoms with Crippen molar-refractivity contribution in [1.29, 1.82) is 0 Å². The van der Waals surface area contributed by atoms with Gasteiger partial charge in [-0.2, -0.15) is 0 Å². The van der Waals surface area contributed by atoms with Crippen molar-refractivity contribution in [2.24, 2.45) is 17.8 Å². The summed E-state index contributed by atoms with van der Waals surface area (Å²) in [5.74, 6) is -0.844. The van der Waals surface area contributed by atoms with E-state index in [4.69, 9.17) is 14.2 Å². The first kappa shape index (κ1) is 38.2. The molecule has 3 rings (SSSR count). The van der Waals surface area contributed by atoms with Gasteiger partial charge >= 0.3 is 12.1 Å². The van der Waals surface area contributed by atoms with Gasteiger partial charge in [0, 0.05) is 51.0 Å². The first-order chi connectivity index (χ1) is 21.7. The zero-order valence-corrected chi connectivity index (χ0v) is 28.6. The van der Waals surface area contributed by atoms with Crippen molar-refractivity contribution in [2.45, 2.75) is 116 Å². The molecule has 2 saturated heterocycles. The second kappa shape index (κ2) is 17.8. The molecule has 0 radical (unpaired) electrons. The van der Waals surface area contributed by atoms with Crippen molar-refractivity contribution in [1.82, 2.24) is 9.80 Å². The first-order valence-electron chi connectivity index (χ1n) is 17.0. The fraction of sp³-hybridized carbons (Fsp3) is 0.771. The number of amides is 1. The van der Waals surface area contributed by atoms with Gasteiger partial charge in [-0.1, -0.05) is 52.0 Å². The lowest BCUT2D eigenvalue weighted by atomic mass is 9.91. The summed E-state index contributed by atoms with van der Waals surface area (Å²) in [7, 11) is 0. The van der Waals surface area contributed by atoms with Crippen LogP contribution in [-0.2, 0) is 19.0 Å². The van der Waals surface area contributed by atoms with Crippen molar-refractivity contribution in [3.63, 3.8) is 0 Å². The van der Waals surface area contributed by atoms with E-state index < -0.39 is 36.0 Å². The molecule has 0 aromatic heterocycles. The molecule has 2 fully saturated rings. The fourth-order valence-electron chi connectivity index (χ4n) is 6.29. The predicted molar refractivity (Wildman–Crippen MR) is 175 cm³/mol. The molecule has 0 aromatic rings. The third-order valence-electron chi connectivity index (χ3n) is 9.59. The van der Waals surface area contributed by atoms with Crippen LogP contribution in [0.3, 0.4) is 0 Å². The van der Waals surface area contributed by atoms with Crippen molar-refractivity contribution in [3.8, 4) is 0 Å². The second-order valence-corrected chi connectivity index (χ2v) is 13.8. The Labute approximate surface area is 274 Å². The predicted octanol–water partition coefficient (Wildman–Crippen LogP) is 3.20. The zero-order valence-electron chi connectivity index (χ0n) is 28.6. The molecule has 3 heterocycles. The normalized spacial score (nSPS) is 33.0. The van der Waals surface area contributed by atoms with Crippen molar-refractivity contribution in [2.75, 3.05) is 39.3 Å². The van der Waals surface area contributed by atoms with E-state index in [1.807, 2.05) is 52.8 Å². The van der Waals surface area contributed by atoms with Crippen LogP contribution in [0.2, 0.25) is 0 Å². The van der Waals surface area contributed by atoms with Crippen LogP contribution in [-0.4, -0.2) is 124 Å². The Hall–Kier alpha value is -2.28. The number of rotatable bonds is 11. The number of β-amino-alcohol motifs (C(OH)–C–C–N with tert-alkyl or cyclic N) is 1. The van der Waals surface area contributed by atoms with Gasteiger partial charge in [0.2, 0.25) is 0 Å². The number of aliphatic hydroxyl groups excluding tert-OH is 3. The first-order valence-corrected chi connectivity index (χ1v) is 17.0. The minimum atomic E-state index is -1.13. The van der Waals surface area contributed by atoms with Gasteiger partial charge in [0.1, 0.15) is 12.2 Å². The monoisotopic (exact) mass is 650 g/mol. The number of hydrogen-bond acceptors (Lipinski definition) is 10. The molecule has 4 N–H and O–H groups in total. The lowest BCUT2D eigenvalue weighted by Gasteiger charge is -2.35. The summed E-state index contributed by atoms with van der Waals surface area (Å²) < 4.78 is 17.6. The maximum Gasteiger partial charge on any atom is 0.410 e. The maximum absolute atomic E-state index is 13.1. The molecule has 10 atom stereocenters. The van der Waals surface area contributed by atoms with E-state index in [9.17, 15) is 30.0 Å². The lowest BCUT2D eigenvalue weighted by molar-refractivity contribution is -0.151. The van der Waals surface area contributed by atoms with Crippen molar-refractivity contribution >= 4 is 12.1 Å². The van der Waals surface area contributed by atoms with Crippen LogP contribution in [0.1, 0.15) is 73.6 Å². The highest BCUT2D eigenvalue weighted by molar-refractivity contribution is 5.70. The summed E-state index contributed by atoms with van der Waals surface area (Å²) in [6, 6.07) is 0. The van der Waals surface area contributed by atoms with E-state index in [-0.39, 0.29) is 49.1 Å². The molecule has 0 aromatic carbocycles. The quantitative estimate of drug-likeness (QED) is 0.114. The number of hydrogen-bond donors (Lipinski definition) is 4. The summed E-state index contributed by atoms with van der Waals surface area (Å²) in [5, 5.41) is 40.9. The highest BCUT2D eigenvalue weighted by atomic mass is 16.6.